The molecule has 10 heteroatoms. The highest BCUT2D eigenvalue weighted by molar-refractivity contribution is 6.09. The van der Waals surface area contributed by atoms with E-state index < -0.39 is 11.6 Å². The van der Waals surface area contributed by atoms with Gasteiger partial charge in [0.1, 0.15) is 11.7 Å². The number of pyridine rings is 1. The lowest BCUT2D eigenvalue weighted by Crippen LogP contribution is -2.62. The number of carbonyl (C=O) groups excluding carboxylic acids is 3. The molecule has 3 amide bonds. The molecule has 2 aliphatic rings. The zero-order valence-corrected chi connectivity index (χ0v) is 28.1. The van der Waals surface area contributed by atoms with E-state index in [1.54, 1.807) is 18.5 Å². The fraction of sp³-hybridized carbons (Fsp3) is 0.528. The second-order valence-electron chi connectivity index (χ2n) is 14.6. The normalized spacial score (nSPS) is 21.3. The van der Waals surface area contributed by atoms with Crippen molar-refractivity contribution in [3.05, 3.63) is 78.1 Å². The van der Waals surface area contributed by atoms with Gasteiger partial charge in [0.25, 0.3) is 5.91 Å². The van der Waals surface area contributed by atoms with Crippen molar-refractivity contribution in [1.82, 2.24) is 30.1 Å². The van der Waals surface area contributed by atoms with Crippen LogP contribution in [0.4, 0.5) is 5.69 Å². The second-order valence-corrected chi connectivity index (χ2v) is 14.6. The van der Waals surface area contributed by atoms with Gasteiger partial charge in [0.15, 0.2) is 0 Å². The lowest BCUT2D eigenvalue weighted by molar-refractivity contribution is -0.139. The average molecular weight is 628 g/mol. The maximum Gasteiger partial charge on any atom is 0.277 e. The molecule has 0 saturated carbocycles. The smallest absolute Gasteiger partial charge is 0.277 e. The molecular weight excluding hydrogens is 578 g/mol. The predicted octanol–water partition coefficient (Wildman–Crippen LogP) is 4.97. The Balaban J connectivity index is 1.53. The number of nitrogens with zero attached hydrogens (tertiary/aromatic N) is 5. The van der Waals surface area contributed by atoms with Crippen molar-refractivity contribution in [2.24, 2.45) is 11.8 Å². The highest BCUT2D eigenvalue weighted by atomic mass is 16.2. The van der Waals surface area contributed by atoms with Crippen molar-refractivity contribution < 1.29 is 14.4 Å². The largest absolute Gasteiger partial charge is 0.347 e. The molecule has 4 heterocycles. The fourth-order valence-corrected chi connectivity index (χ4v) is 7.11. The Labute approximate surface area is 273 Å². The number of imidazole rings is 1. The highest BCUT2D eigenvalue weighted by Crippen LogP contribution is 2.35. The van der Waals surface area contributed by atoms with Crippen molar-refractivity contribution >= 4 is 23.4 Å². The van der Waals surface area contributed by atoms with Crippen LogP contribution in [0, 0.1) is 11.8 Å². The molecule has 2 saturated heterocycles. The molecular formula is C36H49N7O3. The number of rotatable bonds is 9. The summed E-state index contributed by atoms with van der Waals surface area (Å²) in [6.07, 6.45) is 9.35. The Kier molecular flexibility index (Phi) is 9.96. The molecule has 3 unspecified atom stereocenters. The van der Waals surface area contributed by atoms with Gasteiger partial charge in [-0.05, 0) is 74.4 Å². The third-order valence-corrected chi connectivity index (χ3v) is 9.28. The van der Waals surface area contributed by atoms with E-state index in [2.05, 4.69) is 66.8 Å². The molecule has 0 radical (unpaired) electrons. The molecule has 0 bridgehead atoms. The molecule has 2 fully saturated rings. The van der Waals surface area contributed by atoms with E-state index in [9.17, 15) is 14.4 Å². The quantitative estimate of drug-likeness (QED) is 0.347. The number of likely N-dealkylation sites (tertiary alicyclic amines) is 2. The summed E-state index contributed by atoms with van der Waals surface area (Å²) in [5.74, 6) is -0.259. The van der Waals surface area contributed by atoms with Crippen LogP contribution in [0.5, 0.6) is 0 Å². The van der Waals surface area contributed by atoms with Gasteiger partial charge in [-0.2, -0.15) is 0 Å². The SMILES string of the molecule is CC(C)CC1(NC(=O)C(c2cccnc2)N(C(=O)c2cnc[nH]2)c2ccc(C(C)(C)C)cc2)CCCN(C(=O)C2CCN(C)C2)C1. The zero-order chi connectivity index (χ0) is 33.1. The summed E-state index contributed by atoms with van der Waals surface area (Å²) in [5, 5.41) is 3.44. The van der Waals surface area contributed by atoms with Crippen molar-refractivity contribution in [2.45, 2.75) is 77.3 Å². The lowest BCUT2D eigenvalue weighted by Gasteiger charge is -2.46. The third kappa shape index (κ3) is 7.49. The number of hydrogen-bond acceptors (Lipinski definition) is 6. The molecule has 2 aliphatic heterocycles. The summed E-state index contributed by atoms with van der Waals surface area (Å²) in [5.41, 5.74) is 1.84. The summed E-state index contributed by atoms with van der Waals surface area (Å²) >= 11 is 0. The molecule has 2 N–H and O–H groups in total. The number of benzene rings is 1. The minimum absolute atomic E-state index is 0.0164. The minimum Gasteiger partial charge on any atom is -0.347 e. The molecule has 0 spiro atoms. The van der Waals surface area contributed by atoms with Gasteiger partial charge in [0.05, 0.1) is 24.0 Å². The molecule has 246 valence electrons. The van der Waals surface area contributed by atoms with Crippen molar-refractivity contribution in [1.29, 1.82) is 0 Å². The van der Waals surface area contributed by atoms with Gasteiger partial charge in [-0.3, -0.25) is 24.3 Å². The Morgan fingerprint density at radius 3 is 2.43 bits per heavy atom. The minimum atomic E-state index is -1.02. The van der Waals surface area contributed by atoms with Crippen LogP contribution in [0.3, 0.4) is 0 Å². The maximum absolute atomic E-state index is 14.8. The molecule has 1 aromatic carbocycles. The van der Waals surface area contributed by atoms with E-state index in [-0.39, 0.29) is 40.7 Å². The first-order valence-electron chi connectivity index (χ1n) is 16.5. The summed E-state index contributed by atoms with van der Waals surface area (Å²) in [6.45, 7) is 13.5. The third-order valence-electron chi connectivity index (χ3n) is 9.28. The van der Waals surface area contributed by atoms with Crippen LogP contribution in [0.1, 0.15) is 88.0 Å². The highest BCUT2D eigenvalue weighted by Gasteiger charge is 2.44. The van der Waals surface area contributed by atoms with E-state index in [1.807, 2.05) is 35.2 Å². The number of piperidine rings is 1. The molecule has 46 heavy (non-hydrogen) atoms. The second kappa shape index (κ2) is 13.7. The van der Waals surface area contributed by atoms with Crippen LogP contribution in [0.15, 0.2) is 61.3 Å². The number of H-pyrrole nitrogens is 1. The topological polar surface area (TPSA) is 115 Å². The summed E-state index contributed by atoms with van der Waals surface area (Å²) in [4.78, 5) is 59.8. The number of amides is 3. The van der Waals surface area contributed by atoms with Gasteiger partial charge >= 0.3 is 0 Å². The molecule has 5 rings (SSSR count). The molecule has 3 aromatic rings. The van der Waals surface area contributed by atoms with Crippen LogP contribution in [0.25, 0.3) is 0 Å². The van der Waals surface area contributed by atoms with Crippen molar-refractivity contribution in [3.63, 3.8) is 0 Å². The Morgan fingerprint density at radius 2 is 1.85 bits per heavy atom. The maximum atomic E-state index is 14.8. The number of aromatic nitrogens is 3. The van der Waals surface area contributed by atoms with Crippen LogP contribution >= 0.6 is 0 Å². The van der Waals surface area contributed by atoms with E-state index in [4.69, 9.17) is 0 Å². The van der Waals surface area contributed by atoms with Gasteiger partial charge in [-0.25, -0.2) is 4.98 Å². The van der Waals surface area contributed by atoms with Crippen LogP contribution in [-0.2, 0) is 15.0 Å². The van der Waals surface area contributed by atoms with E-state index >= 15 is 0 Å². The van der Waals surface area contributed by atoms with Crippen molar-refractivity contribution in [2.75, 3.05) is 38.1 Å². The molecule has 0 aliphatic carbocycles. The Bertz CT molecular complexity index is 1480. The summed E-state index contributed by atoms with van der Waals surface area (Å²) in [7, 11) is 2.05. The first-order chi connectivity index (χ1) is 21.9. The van der Waals surface area contributed by atoms with E-state index in [0.29, 0.717) is 30.8 Å². The molecule has 2 aromatic heterocycles. The number of aromatic amines is 1. The summed E-state index contributed by atoms with van der Waals surface area (Å²) < 4.78 is 0. The Morgan fingerprint density at radius 1 is 1.09 bits per heavy atom. The van der Waals surface area contributed by atoms with Crippen molar-refractivity contribution in [3.8, 4) is 0 Å². The number of hydrogen-bond donors (Lipinski definition) is 2. The monoisotopic (exact) mass is 627 g/mol. The van der Waals surface area contributed by atoms with Gasteiger partial charge in [0.2, 0.25) is 11.8 Å². The zero-order valence-electron chi connectivity index (χ0n) is 28.1. The van der Waals surface area contributed by atoms with Crippen LogP contribution in [-0.4, -0.2) is 81.2 Å². The van der Waals surface area contributed by atoms with Gasteiger partial charge in [-0.15, -0.1) is 0 Å². The van der Waals surface area contributed by atoms with Crippen LogP contribution < -0.4 is 10.2 Å². The lowest BCUT2D eigenvalue weighted by atomic mass is 9.80. The van der Waals surface area contributed by atoms with Gasteiger partial charge in [0, 0.05) is 43.3 Å². The molecule has 3 atom stereocenters. The van der Waals surface area contributed by atoms with E-state index in [1.165, 1.54) is 17.4 Å². The average Bonchev–Trinajstić information content (AvgIpc) is 3.71. The predicted molar refractivity (Wildman–Crippen MR) is 179 cm³/mol. The molecule has 10 nitrogen and oxygen atoms in total. The van der Waals surface area contributed by atoms with E-state index in [0.717, 1.165) is 37.9 Å². The Hall–Kier alpha value is -4.05. The number of anilines is 1. The fourth-order valence-electron chi connectivity index (χ4n) is 7.11. The number of carbonyl (C=O) groups is 3. The summed E-state index contributed by atoms with van der Waals surface area (Å²) in [6, 6.07) is 10.4. The first-order valence-corrected chi connectivity index (χ1v) is 16.5. The van der Waals surface area contributed by atoms with Gasteiger partial charge < -0.3 is 20.1 Å². The van der Waals surface area contributed by atoms with Gasteiger partial charge in [-0.1, -0.05) is 52.8 Å². The van der Waals surface area contributed by atoms with Crippen LogP contribution in [0.2, 0.25) is 0 Å². The standard InChI is InChI=1S/C36H49N7O3/c1-25(2)19-36(15-8-17-42(23-36)33(45)27-14-18-41(6)22-27)40-32(44)31(26-9-7-16-37-20-26)43(34(46)30-21-38-24-39-30)29-12-10-28(11-13-29)35(3,4)5/h7,9-13,16,20-21,24-25,27,31H,8,14-15,17-19,22-23H2,1-6H3,(H,38,39)(H,40,44). The first kappa shape index (κ1) is 33.3. The number of nitrogens with one attached hydrogen (secondary N) is 2.